The normalized spacial score (nSPS) is 21.3. The summed E-state index contributed by atoms with van der Waals surface area (Å²) in [5.74, 6) is 0.619. The number of hydrogen-bond acceptors (Lipinski definition) is 2. The van der Waals surface area contributed by atoms with Crippen molar-refractivity contribution in [3.63, 3.8) is 0 Å². The molecule has 0 aromatic heterocycles. The fraction of sp³-hybridized carbons (Fsp3) is 0.667. The second-order valence-electron chi connectivity index (χ2n) is 7.39. The molecule has 0 radical (unpaired) electrons. The Morgan fingerprint density at radius 1 is 1.19 bits per heavy atom. The van der Waals surface area contributed by atoms with E-state index in [1.807, 2.05) is 6.07 Å². The number of likely N-dealkylation sites (tertiary alicyclic amines) is 1. The maximum atomic E-state index is 13.5. The Morgan fingerprint density at radius 3 is 2.62 bits per heavy atom. The molecule has 1 aromatic carbocycles. The van der Waals surface area contributed by atoms with Crippen LogP contribution in [0.15, 0.2) is 18.2 Å². The first-order chi connectivity index (χ1) is 9.90. The van der Waals surface area contributed by atoms with E-state index >= 15 is 0 Å². The predicted octanol–water partition coefficient (Wildman–Crippen LogP) is 3.93. The highest BCUT2D eigenvalue weighted by molar-refractivity contribution is 5.27. The summed E-state index contributed by atoms with van der Waals surface area (Å²) in [6, 6.07) is 4.97. The van der Waals surface area contributed by atoms with E-state index in [0.29, 0.717) is 12.0 Å². The van der Waals surface area contributed by atoms with Gasteiger partial charge in [0.15, 0.2) is 0 Å². The van der Waals surface area contributed by atoms with E-state index in [2.05, 4.69) is 25.7 Å². The van der Waals surface area contributed by atoms with E-state index in [9.17, 15) is 4.39 Å². The minimum absolute atomic E-state index is 0.162. The van der Waals surface area contributed by atoms with Gasteiger partial charge in [0.2, 0.25) is 0 Å². The van der Waals surface area contributed by atoms with Crippen LogP contribution in [0.3, 0.4) is 0 Å². The summed E-state index contributed by atoms with van der Waals surface area (Å²) in [6.07, 6.45) is 3.76. The summed E-state index contributed by atoms with van der Waals surface area (Å²) in [7, 11) is 0. The maximum Gasteiger partial charge on any atom is 0.123 e. The first-order valence-electron chi connectivity index (χ1n) is 8.10. The van der Waals surface area contributed by atoms with Crippen LogP contribution in [0, 0.1) is 17.2 Å². The Labute approximate surface area is 128 Å². The fourth-order valence-electron chi connectivity index (χ4n) is 3.36. The molecule has 1 aromatic rings. The molecule has 1 saturated heterocycles. The third-order valence-corrected chi connectivity index (χ3v) is 4.83. The Bertz CT molecular complexity index is 465. The zero-order valence-electron chi connectivity index (χ0n) is 13.7. The van der Waals surface area contributed by atoms with Gasteiger partial charge in [0.25, 0.3) is 0 Å². The molecule has 1 fully saturated rings. The summed E-state index contributed by atoms with van der Waals surface area (Å²) in [5.41, 5.74) is 8.27. The number of nitrogens with two attached hydrogens (primary N) is 1. The maximum absolute atomic E-state index is 13.5. The van der Waals surface area contributed by atoms with Crippen LogP contribution in [0.2, 0.25) is 0 Å². The van der Waals surface area contributed by atoms with Crippen LogP contribution >= 0.6 is 0 Å². The van der Waals surface area contributed by atoms with Gasteiger partial charge < -0.3 is 5.73 Å². The van der Waals surface area contributed by atoms with Gasteiger partial charge in [-0.15, -0.1) is 0 Å². The molecule has 0 bridgehead atoms. The van der Waals surface area contributed by atoms with Crippen molar-refractivity contribution in [2.45, 2.75) is 53.1 Å². The molecule has 1 atom stereocenters. The van der Waals surface area contributed by atoms with Crippen molar-refractivity contribution >= 4 is 0 Å². The second-order valence-corrected chi connectivity index (χ2v) is 7.39. The van der Waals surface area contributed by atoms with Crippen LogP contribution < -0.4 is 5.73 Å². The van der Waals surface area contributed by atoms with Gasteiger partial charge >= 0.3 is 0 Å². The molecular weight excluding hydrogens is 263 g/mol. The van der Waals surface area contributed by atoms with E-state index < -0.39 is 0 Å². The molecule has 3 heteroatoms. The molecule has 2 rings (SSSR count). The Balaban J connectivity index is 2.02. The topological polar surface area (TPSA) is 29.3 Å². The van der Waals surface area contributed by atoms with Crippen molar-refractivity contribution in [3.8, 4) is 0 Å². The molecule has 1 unspecified atom stereocenters. The summed E-state index contributed by atoms with van der Waals surface area (Å²) in [4.78, 5) is 2.46. The predicted molar refractivity (Wildman–Crippen MR) is 86.4 cm³/mol. The lowest BCUT2D eigenvalue weighted by Gasteiger charge is -2.30. The number of nitrogens with zero attached hydrogens (tertiary/aromatic N) is 1. The summed E-state index contributed by atoms with van der Waals surface area (Å²) < 4.78 is 13.5. The van der Waals surface area contributed by atoms with E-state index in [1.54, 1.807) is 6.07 Å². The highest BCUT2D eigenvalue weighted by Crippen LogP contribution is 2.34. The molecule has 118 valence electrons. The lowest BCUT2D eigenvalue weighted by atomic mass is 9.77. The molecule has 2 N–H and O–H groups in total. The van der Waals surface area contributed by atoms with Gasteiger partial charge in [-0.2, -0.15) is 0 Å². The lowest BCUT2D eigenvalue weighted by molar-refractivity contribution is 0.206. The van der Waals surface area contributed by atoms with Gasteiger partial charge in [-0.3, -0.25) is 4.90 Å². The number of benzene rings is 1. The SMILES string of the molecule is CC(C)(C)C1CCCN(Cc2cc(F)ccc2CN)CC1. The molecule has 1 heterocycles. The van der Waals surface area contributed by atoms with Gasteiger partial charge in [-0.25, -0.2) is 4.39 Å². The van der Waals surface area contributed by atoms with E-state index in [-0.39, 0.29) is 5.82 Å². The summed E-state index contributed by atoms with van der Waals surface area (Å²) >= 11 is 0. The van der Waals surface area contributed by atoms with Gasteiger partial charge in [0, 0.05) is 13.1 Å². The zero-order valence-corrected chi connectivity index (χ0v) is 13.7. The van der Waals surface area contributed by atoms with Gasteiger partial charge in [-0.05, 0) is 66.9 Å². The third-order valence-electron chi connectivity index (χ3n) is 4.83. The van der Waals surface area contributed by atoms with Crippen LogP contribution in [0.5, 0.6) is 0 Å². The number of rotatable bonds is 3. The second kappa shape index (κ2) is 6.89. The van der Waals surface area contributed by atoms with E-state index in [4.69, 9.17) is 5.73 Å². The van der Waals surface area contributed by atoms with Crippen LogP contribution in [0.25, 0.3) is 0 Å². The lowest BCUT2D eigenvalue weighted by Crippen LogP contribution is -2.26. The van der Waals surface area contributed by atoms with Crippen molar-refractivity contribution in [1.29, 1.82) is 0 Å². The van der Waals surface area contributed by atoms with Crippen LogP contribution in [-0.2, 0) is 13.1 Å². The quantitative estimate of drug-likeness (QED) is 0.914. The molecule has 0 spiro atoms. The number of hydrogen-bond donors (Lipinski definition) is 1. The van der Waals surface area contributed by atoms with Crippen molar-refractivity contribution in [2.24, 2.45) is 17.1 Å². The van der Waals surface area contributed by atoms with Crippen molar-refractivity contribution in [1.82, 2.24) is 4.90 Å². The van der Waals surface area contributed by atoms with Crippen molar-refractivity contribution < 1.29 is 4.39 Å². The number of halogens is 1. The smallest absolute Gasteiger partial charge is 0.123 e. The van der Waals surface area contributed by atoms with Crippen molar-refractivity contribution in [2.75, 3.05) is 13.1 Å². The molecule has 1 aliphatic heterocycles. The first-order valence-corrected chi connectivity index (χ1v) is 8.10. The molecule has 0 saturated carbocycles. The van der Waals surface area contributed by atoms with Crippen LogP contribution in [-0.4, -0.2) is 18.0 Å². The van der Waals surface area contributed by atoms with Gasteiger partial charge in [0.05, 0.1) is 0 Å². The molecule has 2 nitrogen and oxygen atoms in total. The van der Waals surface area contributed by atoms with E-state index in [1.165, 1.54) is 25.3 Å². The first kappa shape index (κ1) is 16.4. The Kier molecular flexibility index (Phi) is 5.39. The molecule has 1 aliphatic rings. The van der Waals surface area contributed by atoms with Gasteiger partial charge in [0.1, 0.15) is 5.82 Å². The fourth-order valence-corrected chi connectivity index (χ4v) is 3.36. The molecule has 0 amide bonds. The minimum atomic E-state index is -0.162. The van der Waals surface area contributed by atoms with Crippen LogP contribution in [0.4, 0.5) is 4.39 Å². The zero-order chi connectivity index (χ0) is 15.5. The average molecular weight is 292 g/mol. The van der Waals surface area contributed by atoms with Crippen LogP contribution in [0.1, 0.15) is 51.2 Å². The standard InChI is InChI=1S/C18H29FN2/c1-18(2,3)16-5-4-9-21(10-8-16)13-15-11-17(19)7-6-14(15)12-20/h6-7,11,16H,4-5,8-10,12-13,20H2,1-3H3. The minimum Gasteiger partial charge on any atom is -0.326 e. The highest BCUT2D eigenvalue weighted by atomic mass is 19.1. The van der Waals surface area contributed by atoms with Gasteiger partial charge in [-0.1, -0.05) is 26.8 Å². The average Bonchev–Trinajstić information content (AvgIpc) is 2.64. The Morgan fingerprint density at radius 2 is 1.95 bits per heavy atom. The molecule has 21 heavy (non-hydrogen) atoms. The molecule has 0 aliphatic carbocycles. The van der Waals surface area contributed by atoms with Crippen molar-refractivity contribution in [3.05, 3.63) is 35.1 Å². The third kappa shape index (κ3) is 4.52. The monoisotopic (exact) mass is 292 g/mol. The summed E-state index contributed by atoms with van der Waals surface area (Å²) in [5, 5.41) is 0. The summed E-state index contributed by atoms with van der Waals surface area (Å²) in [6.45, 7) is 10.5. The highest BCUT2D eigenvalue weighted by Gasteiger charge is 2.27. The Hall–Kier alpha value is -0.930. The molecular formula is C18H29FN2. The largest absolute Gasteiger partial charge is 0.326 e. The van der Waals surface area contributed by atoms with E-state index in [0.717, 1.165) is 36.7 Å².